The fraction of sp³-hybridized carbons (Fsp3) is 0.235. The number of aryl methyl sites for hydroxylation is 1. The third-order valence-corrected chi connectivity index (χ3v) is 5.29. The molecule has 0 aromatic heterocycles. The van der Waals surface area contributed by atoms with E-state index in [1.807, 2.05) is 0 Å². The molecule has 128 valence electrons. The molecule has 0 bridgehead atoms. The topological polar surface area (TPSA) is 94.9 Å². The highest BCUT2D eigenvalue weighted by Gasteiger charge is 2.27. The second-order valence-corrected chi connectivity index (χ2v) is 7.36. The van der Waals surface area contributed by atoms with Crippen LogP contribution in [0, 0.1) is 6.92 Å². The van der Waals surface area contributed by atoms with Crippen LogP contribution in [0.5, 0.6) is 0 Å². The average Bonchev–Trinajstić information content (AvgIpc) is 2.53. The van der Waals surface area contributed by atoms with Gasteiger partial charge in [0.2, 0.25) is 0 Å². The number of aliphatic hydroxyl groups excluding tert-OH is 1. The number of sulfonamides is 1. The van der Waals surface area contributed by atoms with Gasteiger partial charge in [-0.15, -0.1) is 0 Å². The van der Waals surface area contributed by atoms with Gasteiger partial charge in [-0.1, -0.05) is 24.3 Å². The SMILES string of the molecule is Cc1ccc(S(=O)(=O)N(C[C@H](C)O)c2ccccc2)cc1C(=O)O. The summed E-state index contributed by atoms with van der Waals surface area (Å²) >= 11 is 0. The van der Waals surface area contributed by atoms with E-state index in [1.54, 1.807) is 37.3 Å². The van der Waals surface area contributed by atoms with Crippen molar-refractivity contribution < 1.29 is 23.4 Å². The van der Waals surface area contributed by atoms with E-state index in [1.165, 1.54) is 19.1 Å². The van der Waals surface area contributed by atoms with Crippen molar-refractivity contribution in [2.45, 2.75) is 24.8 Å². The van der Waals surface area contributed by atoms with E-state index in [0.717, 1.165) is 10.4 Å². The van der Waals surface area contributed by atoms with Crippen LogP contribution in [0.2, 0.25) is 0 Å². The third-order valence-electron chi connectivity index (χ3n) is 3.50. The Kier molecular flexibility index (Phi) is 5.26. The summed E-state index contributed by atoms with van der Waals surface area (Å²) in [6, 6.07) is 12.3. The molecule has 0 saturated carbocycles. The molecule has 2 aromatic carbocycles. The Morgan fingerprint density at radius 3 is 2.33 bits per heavy atom. The van der Waals surface area contributed by atoms with E-state index >= 15 is 0 Å². The van der Waals surface area contributed by atoms with Gasteiger partial charge in [0.05, 0.1) is 28.8 Å². The molecular weight excluding hydrogens is 330 g/mol. The minimum absolute atomic E-state index is 0.0684. The number of carboxylic acids is 1. The molecule has 0 radical (unpaired) electrons. The highest BCUT2D eigenvalue weighted by Crippen LogP contribution is 2.25. The number of rotatable bonds is 6. The molecule has 6 nitrogen and oxygen atoms in total. The Balaban J connectivity index is 2.56. The number of para-hydroxylation sites is 1. The standard InChI is InChI=1S/C17H19NO5S/c1-12-8-9-15(10-16(12)17(20)21)24(22,23)18(11-13(2)19)14-6-4-3-5-7-14/h3-10,13,19H,11H2,1-2H3,(H,20,21)/t13-/m0/s1. The fourth-order valence-electron chi connectivity index (χ4n) is 2.30. The zero-order valence-corrected chi connectivity index (χ0v) is 14.2. The molecule has 0 aliphatic heterocycles. The number of aromatic carboxylic acids is 1. The molecule has 0 saturated heterocycles. The number of aliphatic hydroxyl groups is 1. The van der Waals surface area contributed by atoms with E-state index in [9.17, 15) is 23.4 Å². The van der Waals surface area contributed by atoms with Gasteiger partial charge in [0.15, 0.2) is 0 Å². The summed E-state index contributed by atoms with van der Waals surface area (Å²) in [5.74, 6) is -1.19. The van der Waals surface area contributed by atoms with Crippen LogP contribution in [-0.2, 0) is 10.0 Å². The Bertz CT molecular complexity index is 831. The van der Waals surface area contributed by atoms with Crippen LogP contribution < -0.4 is 4.31 Å². The van der Waals surface area contributed by atoms with Gasteiger partial charge < -0.3 is 10.2 Å². The molecular formula is C17H19NO5S. The van der Waals surface area contributed by atoms with Crippen molar-refractivity contribution in [3.05, 3.63) is 59.7 Å². The molecule has 0 fully saturated rings. The maximum atomic E-state index is 13.0. The van der Waals surface area contributed by atoms with Crippen LogP contribution in [-0.4, -0.2) is 37.2 Å². The van der Waals surface area contributed by atoms with Gasteiger partial charge in [0, 0.05) is 0 Å². The van der Waals surface area contributed by atoms with E-state index in [2.05, 4.69) is 0 Å². The Labute approximate surface area is 141 Å². The minimum atomic E-state index is -4.01. The van der Waals surface area contributed by atoms with Crippen molar-refractivity contribution in [1.29, 1.82) is 0 Å². The van der Waals surface area contributed by atoms with Gasteiger partial charge in [-0.25, -0.2) is 13.2 Å². The Morgan fingerprint density at radius 1 is 1.17 bits per heavy atom. The summed E-state index contributed by atoms with van der Waals surface area (Å²) in [7, 11) is -4.01. The summed E-state index contributed by atoms with van der Waals surface area (Å²) in [4.78, 5) is 11.1. The number of hydrogen-bond donors (Lipinski definition) is 2. The van der Waals surface area contributed by atoms with Crippen LogP contribution >= 0.6 is 0 Å². The largest absolute Gasteiger partial charge is 0.478 e. The lowest BCUT2D eigenvalue weighted by Crippen LogP contribution is -2.36. The maximum absolute atomic E-state index is 13.0. The summed E-state index contributed by atoms with van der Waals surface area (Å²) in [6.45, 7) is 2.95. The Morgan fingerprint density at radius 2 is 1.79 bits per heavy atom. The second-order valence-electron chi connectivity index (χ2n) is 5.50. The van der Waals surface area contributed by atoms with Gasteiger partial charge in [0.25, 0.3) is 10.0 Å². The lowest BCUT2D eigenvalue weighted by molar-refractivity contribution is 0.0696. The third kappa shape index (κ3) is 3.74. The first-order chi connectivity index (χ1) is 11.2. The van der Waals surface area contributed by atoms with Crippen molar-refractivity contribution >= 4 is 21.7 Å². The minimum Gasteiger partial charge on any atom is -0.478 e. The van der Waals surface area contributed by atoms with Crippen molar-refractivity contribution in [2.24, 2.45) is 0 Å². The maximum Gasteiger partial charge on any atom is 0.335 e. The average molecular weight is 349 g/mol. The molecule has 0 amide bonds. The highest BCUT2D eigenvalue weighted by atomic mass is 32.2. The fourth-order valence-corrected chi connectivity index (χ4v) is 3.87. The van der Waals surface area contributed by atoms with E-state index in [0.29, 0.717) is 11.3 Å². The normalized spacial score (nSPS) is 12.6. The van der Waals surface area contributed by atoms with Crippen molar-refractivity contribution in [3.8, 4) is 0 Å². The zero-order valence-electron chi connectivity index (χ0n) is 13.4. The van der Waals surface area contributed by atoms with Crippen molar-refractivity contribution in [3.63, 3.8) is 0 Å². The second kappa shape index (κ2) is 7.02. The van der Waals surface area contributed by atoms with Gasteiger partial charge in [-0.3, -0.25) is 4.31 Å². The number of anilines is 1. The van der Waals surface area contributed by atoms with Crippen LogP contribution in [0.3, 0.4) is 0 Å². The Hall–Kier alpha value is -2.38. The predicted octanol–water partition coefficient (Wildman–Crippen LogP) is 2.27. The number of nitrogens with zero attached hydrogens (tertiary/aromatic N) is 1. The highest BCUT2D eigenvalue weighted by molar-refractivity contribution is 7.92. The predicted molar refractivity (Wildman–Crippen MR) is 90.8 cm³/mol. The molecule has 7 heteroatoms. The van der Waals surface area contributed by atoms with Crippen LogP contribution in [0.25, 0.3) is 0 Å². The van der Waals surface area contributed by atoms with Crippen molar-refractivity contribution in [2.75, 3.05) is 10.8 Å². The van der Waals surface area contributed by atoms with Crippen LogP contribution in [0.1, 0.15) is 22.8 Å². The van der Waals surface area contributed by atoms with Gasteiger partial charge in [0.1, 0.15) is 0 Å². The number of carbonyl (C=O) groups is 1. The molecule has 0 aliphatic carbocycles. The van der Waals surface area contributed by atoms with E-state index in [4.69, 9.17) is 0 Å². The molecule has 0 aliphatic rings. The lowest BCUT2D eigenvalue weighted by atomic mass is 10.1. The number of hydrogen-bond acceptors (Lipinski definition) is 4. The molecule has 2 aromatic rings. The molecule has 0 unspecified atom stereocenters. The van der Waals surface area contributed by atoms with Gasteiger partial charge in [-0.05, 0) is 43.7 Å². The molecule has 0 spiro atoms. The van der Waals surface area contributed by atoms with Crippen LogP contribution in [0.4, 0.5) is 5.69 Å². The smallest absolute Gasteiger partial charge is 0.335 e. The monoisotopic (exact) mass is 349 g/mol. The number of benzene rings is 2. The molecule has 0 heterocycles. The quantitative estimate of drug-likeness (QED) is 0.834. The first-order valence-electron chi connectivity index (χ1n) is 7.33. The summed E-state index contributed by atoms with van der Waals surface area (Å²) < 4.78 is 27.0. The molecule has 2 rings (SSSR count). The van der Waals surface area contributed by atoms with Crippen molar-refractivity contribution in [1.82, 2.24) is 0 Å². The summed E-state index contributed by atoms with van der Waals surface area (Å²) in [5, 5.41) is 18.9. The first-order valence-corrected chi connectivity index (χ1v) is 8.77. The molecule has 24 heavy (non-hydrogen) atoms. The molecule has 2 N–H and O–H groups in total. The van der Waals surface area contributed by atoms with Crippen LogP contribution in [0.15, 0.2) is 53.4 Å². The zero-order chi connectivity index (χ0) is 17.9. The lowest BCUT2D eigenvalue weighted by Gasteiger charge is -2.26. The first kappa shape index (κ1) is 18.0. The van der Waals surface area contributed by atoms with E-state index < -0.39 is 22.1 Å². The van der Waals surface area contributed by atoms with Gasteiger partial charge in [-0.2, -0.15) is 0 Å². The summed E-state index contributed by atoms with van der Waals surface area (Å²) in [5.41, 5.74) is 0.806. The summed E-state index contributed by atoms with van der Waals surface area (Å²) in [6.07, 6.45) is -0.885. The van der Waals surface area contributed by atoms with E-state index in [-0.39, 0.29) is 17.0 Å². The number of carboxylic acid groups (broad SMARTS) is 1. The molecule has 1 atom stereocenters. The van der Waals surface area contributed by atoms with Gasteiger partial charge >= 0.3 is 5.97 Å².